The van der Waals surface area contributed by atoms with E-state index in [1.165, 1.54) is 29.2 Å². The Labute approximate surface area is 143 Å². The first-order chi connectivity index (χ1) is 11.5. The molecule has 0 saturated carbocycles. The minimum absolute atomic E-state index is 0.0242. The molecular formula is C18H15ClFNO3. The lowest BCUT2D eigenvalue weighted by Gasteiger charge is -2.27. The zero-order valence-electron chi connectivity index (χ0n) is 12.9. The number of amides is 1. The molecule has 1 heterocycles. The maximum Gasteiger partial charge on any atom is 0.228 e. The van der Waals surface area contributed by atoms with Gasteiger partial charge in [-0.1, -0.05) is 12.1 Å². The van der Waals surface area contributed by atoms with Crippen LogP contribution < -0.4 is 9.64 Å². The van der Waals surface area contributed by atoms with E-state index in [2.05, 4.69) is 0 Å². The van der Waals surface area contributed by atoms with E-state index >= 15 is 0 Å². The van der Waals surface area contributed by atoms with Gasteiger partial charge in [0.2, 0.25) is 11.1 Å². The Bertz CT molecular complexity index is 761. The van der Waals surface area contributed by atoms with Crippen LogP contribution in [-0.4, -0.2) is 18.3 Å². The van der Waals surface area contributed by atoms with Crippen molar-refractivity contribution in [2.24, 2.45) is 5.92 Å². The van der Waals surface area contributed by atoms with E-state index in [0.717, 1.165) is 5.56 Å². The van der Waals surface area contributed by atoms with Crippen LogP contribution in [0.25, 0.3) is 0 Å². The molecule has 2 aromatic carbocycles. The fraction of sp³-hybridized carbons (Fsp3) is 0.222. The molecule has 0 radical (unpaired) electrons. The molecule has 0 spiro atoms. The zero-order chi connectivity index (χ0) is 17.3. The van der Waals surface area contributed by atoms with Crippen molar-refractivity contribution in [3.05, 3.63) is 59.9 Å². The molecule has 6 heteroatoms. The molecule has 1 aliphatic heterocycles. The summed E-state index contributed by atoms with van der Waals surface area (Å²) < 4.78 is 18.3. The van der Waals surface area contributed by atoms with Crippen LogP contribution in [0, 0.1) is 11.7 Å². The summed E-state index contributed by atoms with van der Waals surface area (Å²) >= 11 is 5.73. The van der Waals surface area contributed by atoms with Crippen LogP contribution in [-0.2, 0) is 9.59 Å². The van der Waals surface area contributed by atoms with Crippen molar-refractivity contribution in [2.45, 2.75) is 12.5 Å². The molecule has 0 bridgehead atoms. The Morgan fingerprint density at radius 3 is 2.33 bits per heavy atom. The van der Waals surface area contributed by atoms with Gasteiger partial charge in [-0.2, -0.15) is 0 Å². The summed E-state index contributed by atoms with van der Waals surface area (Å²) in [4.78, 5) is 25.8. The van der Waals surface area contributed by atoms with E-state index in [4.69, 9.17) is 16.3 Å². The summed E-state index contributed by atoms with van der Waals surface area (Å²) in [6.45, 7) is 0. The van der Waals surface area contributed by atoms with Crippen molar-refractivity contribution in [1.29, 1.82) is 0 Å². The van der Waals surface area contributed by atoms with Crippen molar-refractivity contribution in [3.8, 4) is 5.75 Å². The molecule has 124 valence electrons. The first-order valence-corrected chi connectivity index (χ1v) is 7.80. The minimum Gasteiger partial charge on any atom is -0.497 e. The van der Waals surface area contributed by atoms with E-state index in [1.807, 2.05) is 0 Å². The summed E-state index contributed by atoms with van der Waals surface area (Å²) in [5.74, 6) is -0.597. The van der Waals surface area contributed by atoms with Crippen LogP contribution in [0.15, 0.2) is 48.5 Å². The third kappa shape index (κ3) is 2.99. The predicted molar refractivity (Wildman–Crippen MR) is 88.6 cm³/mol. The number of methoxy groups -OCH3 is 1. The fourth-order valence-corrected chi connectivity index (χ4v) is 3.22. The Balaban J connectivity index is 2.05. The molecule has 1 saturated heterocycles. The summed E-state index contributed by atoms with van der Waals surface area (Å²) in [7, 11) is 1.56. The number of halogens is 2. The number of carbonyl (C=O) groups is 2. The molecule has 1 amide bonds. The Hall–Kier alpha value is -2.40. The van der Waals surface area contributed by atoms with Gasteiger partial charge in [-0.25, -0.2) is 4.39 Å². The quantitative estimate of drug-likeness (QED) is 0.792. The number of ether oxygens (including phenoxy) is 1. The molecule has 4 nitrogen and oxygen atoms in total. The maximum atomic E-state index is 13.2. The van der Waals surface area contributed by atoms with Crippen LogP contribution in [0.2, 0.25) is 0 Å². The van der Waals surface area contributed by atoms with Crippen LogP contribution in [0.4, 0.5) is 10.1 Å². The Morgan fingerprint density at radius 2 is 1.79 bits per heavy atom. The van der Waals surface area contributed by atoms with E-state index in [0.29, 0.717) is 11.4 Å². The van der Waals surface area contributed by atoms with Gasteiger partial charge in [0.1, 0.15) is 11.6 Å². The molecule has 24 heavy (non-hydrogen) atoms. The number of hydrogen-bond donors (Lipinski definition) is 0. The van der Waals surface area contributed by atoms with Gasteiger partial charge < -0.3 is 9.64 Å². The molecule has 2 atom stereocenters. The third-order valence-electron chi connectivity index (χ3n) is 4.18. The monoisotopic (exact) mass is 347 g/mol. The summed E-state index contributed by atoms with van der Waals surface area (Å²) in [5, 5.41) is -0.561. The van der Waals surface area contributed by atoms with Crippen molar-refractivity contribution in [3.63, 3.8) is 0 Å². The molecule has 0 aliphatic carbocycles. The van der Waals surface area contributed by atoms with Crippen molar-refractivity contribution in [1.82, 2.24) is 0 Å². The van der Waals surface area contributed by atoms with Crippen LogP contribution in [0.1, 0.15) is 18.0 Å². The molecule has 0 aromatic heterocycles. The molecule has 3 rings (SSSR count). The second-order valence-corrected chi connectivity index (χ2v) is 5.95. The standard InChI is InChI=1S/C18H15ClFNO3/c1-24-14-8-2-11(3-9-14)17-15(18(19)23)10-16(22)21(17)13-6-4-12(20)5-7-13/h2-9,15,17H,10H2,1H3. The number of nitrogens with zero attached hydrogens (tertiary/aromatic N) is 1. The van der Waals surface area contributed by atoms with Crippen LogP contribution in [0.5, 0.6) is 5.75 Å². The Kier molecular flexibility index (Phi) is 4.53. The average molecular weight is 348 g/mol. The maximum absolute atomic E-state index is 13.2. The second-order valence-electron chi connectivity index (χ2n) is 5.57. The Morgan fingerprint density at radius 1 is 1.17 bits per heavy atom. The SMILES string of the molecule is COc1ccc(C2C(C(=O)Cl)CC(=O)N2c2ccc(F)cc2)cc1. The van der Waals surface area contributed by atoms with Crippen LogP contribution >= 0.6 is 11.6 Å². The summed E-state index contributed by atoms with van der Waals surface area (Å²) in [5.41, 5.74) is 1.30. The second kappa shape index (κ2) is 6.61. The van der Waals surface area contributed by atoms with Crippen molar-refractivity contribution < 1.29 is 18.7 Å². The van der Waals surface area contributed by atoms with Gasteiger partial charge in [-0.15, -0.1) is 0 Å². The number of carbonyl (C=O) groups excluding carboxylic acids is 2. The van der Waals surface area contributed by atoms with Gasteiger partial charge in [0.05, 0.1) is 19.1 Å². The van der Waals surface area contributed by atoms with Crippen LogP contribution in [0.3, 0.4) is 0 Å². The smallest absolute Gasteiger partial charge is 0.228 e. The van der Waals surface area contributed by atoms with E-state index in [1.54, 1.807) is 31.4 Å². The molecule has 2 aromatic rings. The highest BCUT2D eigenvalue weighted by Crippen LogP contribution is 2.42. The molecule has 2 unspecified atom stereocenters. The normalized spacial score (nSPS) is 20.3. The lowest BCUT2D eigenvalue weighted by atomic mass is 9.94. The highest BCUT2D eigenvalue weighted by atomic mass is 35.5. The van der Waals surface area contributed by atoms with E-state index < -0.39 is 23.0 Å². The molecule has 1 aliphatic rings. The molecule has 0 N–H and O–H groups in total. The van der Waals surface area contributed by atoms with Gasteiger partial charge in [0, 0.05) is 12.1 Å². The fourth-order valence-electron chi connectivity index (χ4n) is 3.03. The highest BCUT2D eigenvalue weighted by molar-refractivity contribution is 6.64. The highest BCUT2D eigenvalue weighted by Gasteiger charge is 2.44. The first-order valence-electron chi connectivity index (χ1n) is 7.42. The predicted octanol–water partition coefficient (Wildman–Crippen LogP) is 3.69. The lowest BCUT2D eigenvalue weighted by molar-refractivity contribution is -0.120. The van der Waals surface area contributed by atoms with Gasteiger partial charge in [-0.05, 0) is 53.6 Å². The summed E-state index contributed by atoms with van der Waals surface area (Å²) in [6.07, 6.45) is 0.0242. The molecular weight excluding hydrogens is 333 g/mol. The minimum atomic E-state index is -0.655. The number of rotatable bonds is 4. The van der Waals surface area contributed by atoms with E-state index in [-0.39, 0.29) is 12.3 Å². The molecule has 1 fully saturated rings. The van der Waals surface area contributed by atoms with Gasteiger partial charge in [0.15, 0.2) is 0 Å². The van der Waals surface area contributed by atoms with E-state index in [9.17, 15) is 14.0 Å². The third-order valence-corrected chi connectivity index (χ3v) is 4.46. The average Bonchev–Trinajstić information content (AvgIpc) is 2.93. The van der Waals surface area contributed by atoms with Gasteiger partial charge in [0.25, 0.3) is 0 Å². The van der Waals surface area contributed by atoms with Crippen molar-refractivity contribution >= 4 is 28.4 Å². The van der Waals surface area contributed by atoms with Gasteiger partial charge >= 0.3 is 0 Å². The largest absolute Gasteiger partial charge is 0.497 e. The zero-order valence-corrected chi connectivity index (χ0v) is 13.7. The first kappa shape index (κ1) is 16.5. The number of hydrogen-bond acceptors (Lipinski definition) is 3. The topological polar surface area (TPSA) is 46.6 Å². The lowest BCUT2D eigenvalue weighted by Crippen LogP contribution is -2.29. The van der Waals surface area contributed by atoms with Gasteiger partial charge in [-0.3, -0.25) is 9.59 Å². The van der Waals surface area contributed by atoms with Crippen molar-refractivity contribution in [2.75, 3.05) is 12.0 Å². The number of anilines is 1. The summed E-state index contributed by atoms with van der Waals surface area (Å²) in [6, 6.07) is 12.2. The number of benzene rings is 2.